The fourth-order valence-electron chi connectivity index (χ4n) is 1.14. The Kier molecular flexibility index (Phi) is 4.11. The Labute approximate surface area is 84.1 Å². The van der Waals surface area contributed by atoms with Crippen LogP contribution >= 0.6 is 0 Å². The van der Waals surface area contributed by atoms with Crippen molar-refractivity contribution >= 4 is 0 Å². The minimum absolute atomic E-state index is 0.282. The smallest absolute Gasteiger partial charge is 0.116 e. The van der Waals surface area contributed by atoms with E-state index in [0.29, 0.717) is 6.61 Å². The van der Waals surface area contributed by atoms with Gasteiger partial charge in [-0.05, 0) is 12.5 Å². The highest BCUT2D eigenvalue weighted by atomic mass is 16.5. The lowest BCUT2D eigenvalue weighted by Gasteiger charge is -2.05. The molecule has 1 aromatic carbocycles. The lowest BCUT2D eigenvalue weighted by atomic mass is 10.1. The van der Waals surface area contributed by atoms with Crippen LogP contribution in [0.1, 0.15) is 11.1 Å². The molecule has 0 unspecified atom stereocenters. The van der Waals surface area contributed by atoms with E-state index in [9.17, 15) is 0 Å². The minimum Gasteiger partial charge on any atom is -0.374 e. The van der Waals surface area contributed by atoms with E-state index in [4.69, 9.17) is 15.7 Å². The zero-order chi connectivity index (χ0) is 10.4. The highest BCUT2D eigenvalue weighted by molar-refractivity contribution is 5.21. The molecule has 0 aliphatic rings. The molecular formula is C11H14N2O. The van der Waals surface area contributed by atoms with Crippen molar-refractivity contribution in [2.24, 2.45) is 5.73 Å². The van der Waals surface area contributed by atoms with Gasteiger partial charge in [0.15, 0.2) is 0 Å². The fourth-order valence-corrected chi connectivity index (χ4v) is 1.14. The number of benzene rings is 1. The molecule has 3 heteroatoms. The summed E-state index contributed by atoms with van der Waals surface area (Å²) in [4.78, 5) is 0. The SMILES string of the molecule is Cc1cccc(COC[C@H](N)C#N)c1. The maximum Gasteiger partial charge on any atom is 0.116 e. The van der Waals surface area contributed by atoms with Gasteiger partial charge in [-0.3, -0.25) is 0 Å². The van der Waals surface area contributed by atoms with E-state index in [0.717, 1.165) is 5.56 Å². The standard InChI is InChI=1S/C11H14N2O/c1-9-3-2-4-10(5-9)7-14-8-11(13)6-12/h2-5,11H,7-8,13H2,1H3/t11-/m1/s1. The summed E-state index contributed by atoms with van der Waals surface area (Å²) < 4.78 is 5.28. The number of hydrogen-bond donors (Lipinski definition) is 1. The number of nitriles is 1. The minimum atomic E-state index is -0.528. The molecule has 0 amide bonds. The van der Waals surface area contributed by atoms with Gasteiger partial charge in [0.2, 0.25) is 0 Å². The lowest BCUT2D eigenvalue weighted by molar-refractivity contribution is 0.117. The first-order valence-electron chi connectivity index (χ1n) is 4.51. The van der Waals surface area contributed by atoms with Gasteiger partial charge in [0, 0.05) is 0 Å². The van der Waals surface area contributed by atoms with Crippen LogP contribution in [0.15, 0.2) is 24.3 Å². The number of nitrogens with zero attached hydrogens (tertiary/aromatic N) is 1. The summed E-state index contributed by atoms with van der Waals surface area (Å²) in [5.41, 5.74) is 7.69. The van der Waals surface area contributed by atoms with Crippen molar-refractivity contribution in [3.8, 4) is 6.07 Å². The van der Waals surface area contributed by atoms with Gasteiger partial charge in [-0.2, -0.15) is 5.26 Å². The molecule has 74 valence electrons. The fraction of sp³-hybridized carbons (Fsp3) is 0.364. The molecule has 0 aliphatic heterocycles. The number of aryl methyl sites for hydroxylation is 1. The van der Waals surface area contributed by atoms with E-state index in [2.05, 4.69) is 6.07 Å². The molecule has 0 aromatic heterocycles. The van der Waals surface area contributed by atoms with Gasteiger partial charge >= 0.3 is 0 Å². The van der Waals surface area contributed by atoms with Crippen LogP contribution in [-0.2, 0) is 11.3 Å². The first kappa shape index (κ1) is 10.7. The monoisotopic (exact) mass is 190 g/mol. The van der Waals surface area contributed by atoms with Gasteiger partial charge in [0.25, 0.3) is 0 Å². The number of hydrogen-bond acceptors (Lipinski definition) is 3. The van der Waals surface area contributed by atoms with Crippen molar-refractivity contribution in [2.75, 3.05) is 6.61 Å². The average Bonchev–Trinajstić information content (AvgIpc) is 2.17. The van der Waals surface area contributed by atoms with Gasteiger partial charge in [0.1, 0.15) is 6.04 Å². The normalized spacial score (nSPS) is 12.1. The van der Waals surface area contributed by atoms with Gasteiger partial charge in [-0.15, -0.1) is 0 Å². The molecule has 0 spiro atoms. The summed E-state index contributed by atoms with van der Waals surface area (Å²) >= 11 is 0. The second kappa shape index (κ2) is 5.38. The highest BCUT2D eigenvalue weighted by Gasteiger charge is 1.99. The van der Waals surface area contributed by atoms with Gasteiger partial charge < -0.3 is 10.5 Å². The highest BCUT2D eigenvalue weighted by Crippen LogP contribution is 2.05. The van der Waals surface area contributed by atoms with Crippen LogP contribution in [0, 0.1) is 18.3 Å². The summed E-state index contributed by atoms with van der Waals surface area (Å²) in [6, 6.07) is 9.45. The van der Waals surface area contributed by atoms with Crippen molar-refractivity contribution in [1.29, 1.82) is 5.26 Å². The molecule has 1 atom stereocenters. The predicted molar refractivity (Wildman–Crippen MR) is 54.4 cm³/mol. The summed E-state index contributed by atoms with van der Waals surface area (Å²) in [6.07, 6.45) is 0. The summed E-state index contributed by atoms with van der Waals surface area (Å²) in [6.45, 7) is 2.83. The van der Waals surface area contributed by atoms with Crippen LogP contribution < -0.4 is 5.73 Å². The quantitative estimate of drug-likeness (QED) is 0.779. The predicted octanol–water partition coefficient (Wildman–Crippen LogP) is 1.36. The maximum absolute atomic E-state index is 8.42. The summed E-state index contributed by atoms with van der Waals surface area (Å²) in [5.74, 6) is 0. The van der Waals surface area contributed by atoms with Crippen LogP contribution in [-0.4, -0.2) is 12.6 Å². The second-order valence-electron chi connectivity index (χ2n) is 3.24. The van der Waals surface area contributed by atoms with Crippen LogP contribution in [0.4, 0.5) is 0 Å². The summed E-state index contributed by atoms with van der Waals surface area (Å²) in [5, 5.41) is 8.42. The largest absolute Gasteiger partial charge is 0.374 e. The molecule has 0 fully saturated rings. The van der Waals surface area contributed by atoms with E-state index in [1.165, 1.54) is 5.56 Å². The first-order chi connectivity index (χ1) is 6.72. The van der Waals surface area contributed by atoms with Crippen molar-refractivity contribution in [3.63, 3.8) is 0 Å². The van der Waals surface area contributed by atoms with Crippen molar-refractivity contribution in [3.05, 3.63) is 35.4 Å². The molecule has 1 rings (SSSR count). The molecule has 0 aliphatic carbocycles. The van der Waals surface area contributed by atoms with Crippen LogP contribution in [0.5, 0.6) is 0 Å². The average molecular weight is 190 g/mol. The molecular weight excluding hydrogens is 176 g/mol. The Morgan fingerprint density at radius 1 is 1.57 bits per heavy atom. The number of ether oxygens (including phenoxy) is 1. The van der Waals surface area contributed by atoms with Crippen molar-refractivity contribution in [2.45, 2.75) is 19.6 Å². The van der Waals surface area contributed by atoms with E-state index in [1.54, 1.807) is 0 Å². The topological polar surface area (TPSA) is 59.0 Å². The molecule has 0 saturated heterocycles. The van der Waals surface area contributed by atoms with E-state index >= 15 is 0 Å². The van der Waals surface area contributed by atoms with Crippen molar-refractivity contribution in [1.82, 2.24) is 0 Å². The molecule has 14 heavy (non-hydrogen) atoms. The molecule has 0 saturated carbocycles. The third kappa shape index (κ3) is 3.56. The number of nitrogens with two attached hydrogens (primary N) is 1. The van der Waals surface area contributed by atoms with Crippen LogP contribution in [0.25, 0.3) is 0 Å². The summed E-state index contributed by atoms with van der Waals surface area (Å²) in [7, 11) is 0. The van der Waals surface area contributed by atoms with Crippen LogP contribution in [0.3, 0.4) is 0 Å². The molecule has 0 radical (unpaired) electrons. The van der Waals surface area contributed by atoms with Crippen molar-refractivity contribution < 1.29 is 4.74 Å². The third-order valence-corrected chi connectivity index (χ3v) is 1.81. The molecule has 0 heterocycles. The Morgan fingerprint density at radius 2 is 2.36 bits per heavy atom. The Morgan fingerprint density at radius 3 is 3.00 bits per heavy atom. The molecule has 2 N–H and O–H groups in total. The third-order valence-electron chi connectivity index (χ3n) is 1.81. The second-order valence-corrected chi connectivity index (χ2v) is 3.24. The Hall–Kier alpha value is -1.37. The van der Waals surface area contributed by atoms with Crippen LogP contribution in [0.2, 0.25) is 0 Å². The lowest BCUT2D eigenvalue weighted by Crippen LogP contribution is -2.23. The zero-order valence-corrected chi connectivity index (χ0v) is 8.23. The Bertz CT molecular complexity index is 330. The van der Waals surface area contributed by atoms with E-state index in [-0.39, 0.29) is 6.61 Å². The van der Waals surface area contributed by atoms with Gasteiger partial charge in [0.05, 0.1) is 19.3 Å². The maximum atomic E-state index is 8.42. The van der Waals surface area contributed by atoms with E-state index < -0.39 is 6.04 Å². The molecule has 3 nitrogen and oxygen atoms in total. The first-order valence-corrected chi connectivity index (χ1v) is 4.51. The molecule has 1 aromatic rings. The molecule has 0 bridgehead atoms. The Balaban J connectivity index is 2.36. The van der Waals surface area contributed by atoms with Gasteiger partial charge in [-0.1, -0.05) is 29.8 Å². The van der Waals surface area contributed by atoms with Gasteiger partial charge in [-0.25, -0.2) is 0 Å². The zero-order valence-electron chi connectivity index (χ0n) is 8.23. The van der Waals surface area contributed by atoms with E-state index in [1.807, 2.05) is 31.2 Å². The number of rotatable bonds is 4.